The van der Waals surface area contributed by atoms with Crippen molar-refractivity contribution in [2.24, 2.45) is 11.8 Å². The van der Waals surface area contributed by atoms with Gasteiger partial charge in [-0.2, -0.15) is 4.31 Å². The molecule has 0 aliphatic carbocycles. The second-order valence-electron chi connectivity index (χ2n) is 8.97. The smallest absolute Gasteiger partial charge is 0.273 e. The van der Waals surface area contributed by atoms with Gasteiger partial charge in [0.05, 0.1) is 20.0 Å². The van der Waals surface area contributed by atoms with Gasteiger partial charge in [0, 0.05) is 30.3 Å². The molecule has 0 atom stereocenters. The van der Waals surface area contributed by atoms with Crippen LogP contribution in [0, 0.1) is 28.9 Å². The Labute approximate surface area is 203 Å². The van der Waals surface area contributed by atoms with Gasteiger partial charge >= 0.3 is 0 Å². The number of nitrogens with one attached hydrogen (secondary N) is 1. The number of benzene rings is 2. The highest BCUT2D eigenvalue weighted by Crippen LogP contribution is 2.30. The molecule has 182 valence electrons. The van der Waals surface area contributed by atoms with E-state index in [9.17, 15) is 23.3 Å². The van der Waals surface area contributed by atoms with E-state index < -0.39 is 20.9 Å². The average molecular weight is 505 g/mol. The monoisotopic (exact) mass is 504 g/mol. The number of thiazole rings is 1. The minimum Gasteiger partial charge on any atom is -0.298 e. The minimum atomic E-state index is -3.70. The van der Waals surface area contributed by atoms with Gasteiger partial charge in [-0.25, -0.2) is 13.4 Å². The largest absolute Gasteiger partial charge is 0.298 e. The second kappa shape index (κ2) is 10.2. The number of nitro benzene ring substituents is 1. The first-order valence-corrected chi connectivity index (χ1v) is 13.1. The maximum Gasteiger partial charge on any atom is 0.273 e. The molecule has 34 heavy (non-hydrogen) atoms. The number of fused-ring (bicyclic) bond motifs is 1. The lowest BCUT2D eigenvalue weighted by Gasteiger charge is -2.25. The summed E-state index contributed by atoms with van der Waals surface area (Å²) in [5.41, 5.74) is 1.00. The molecule has 0 bridgehead atoms. The Bertz CT molecular complexity index is 1320. The first-order valence-electron chi connectivity index (χ1n) is 10.9. The van der Waals surface area contributed by atoms with Crippen LogP contribution in [0.5, 0.6) is 0 Å². The van der Waals surface area contributed by atoms with Crippen molar-refractivity contribution in [1.29, 1.82) is 0 Å². The summed E-state index contributed by atoms with van der Waals surface area (Å²) in [5, 5.41) is 14.1. The maximum absolute atomic E-state index is 13.3. The van der Waals surface area contributed by atoms with E-state index in [2.05, 4.69) is 10.3 Å². The molecule has 11 heteroatoms. The lowest BCUT2D eigenvalue weighted by Crippen LogP contribution is -2.37. The molecule has 1 N–H and O–H groups in total. The van der Waals surface area contributed by atoms with Crippen molar-refractivity contribution in [2.45, 2.75) is 39.5 Å². The van der Waals surface area contributed by atoms with Crippen LogP contribution in [0.15, 0.2) is 41.3 Å². The topological polar surface area (TPSA) is 123 Å². The second-order valence-corrected chi connectivity index (χ2v) is 11.9. The van der Waals surface area contributed by atoms with Crippen molar-refractivity contribution >= 4 is 48.3 Å². The van der Waals surface area contributed by atoms with E-state index in [1.165, 1.54) is 28.6 Å². The molecule has 3 rings (SSSR count). The van der Waals surface area contributed by atoms with Crippen LogP contribution in [-0.4, -0.2) is 41.6 Å². The van der Waals surface area contributed by atoms with E-state index in [0.717, 1.165) is 11.3 Å². The van der Waals surface area contributed by atoms with Gasteiger partial charge in [0.2, 0.25) is 10.0 Å². The van der Waals surface area contributed by atoms with Gasteiger partial charge in [0.25, 0.3) is 11.6 Å². The highest BCUT2D eigenvalue weighted by molar-refractivity contribution is 7.89. The molecule has 0 aliphatic rings. The summed E-state index contributed by atoms with van der Waals surface area (Å²) in [6.45, 7) is 10.4. The first-order chi connectivity index (χ1) is 15.9. The molecule has 1 heterocycles. The van der Waals surface area contributed by atoms with Crippen LogP contribution in [0.3, 0.4) is 0 Å². The fraction of sp³-hybridized carbons (Fsp3) is 0.391. The third-order valence-electron chi connectivity index (χ3n) is 5.02. The highest BCUT2D eigenvalue weighted by atomic mass is 32.2. The normalized spacial score (nSPS) is 12.1. The molecular formula is C23H28N4O5S2. The average Bonchev–Trinajstić information content (AvgIpc) is 3.14. The predicted molar refractivity (Wildman–Crippen MR) is 134 cm³/mol. The first kappa shape index (κ1) is 25.7. The standard InChI is InChI=1S/C23H28N4O5S2/c1-14(2)12-26(13-15(3)4)34(31,32)18-8-9-19-21(11-18)33-23(24-19)25-22(28)17-7-6-16(5)20(10-17)27(29)30/h6-11,14-15H,12-13H2,1-5H3,(H,24,25,28). The molecule has 0 fully saturated rings. The Hall–Kier alpha value is -2.89. The number of anilines is 1. The SMILES string of the molecule is Cc1ccc(C(=O)Nc2nc3ccc(S(=O)(=O)N(CC(C)C)CC(C)C)cc3s2)cc1[N+](=O)[O-]. The van der Waals surface area contributed by atoms with E-state index in [4.69, 9.17) is 0 Å². The predicted octanol–water partition coefficient (Wildman–Crippen LogP) is 5.07. The number of carbonyl (C=O) groups excluding carboxylic acids is 1. The number of carbonyl (C=O) groups is 1. The number of nitro groups is 1. The number of aryl methyl sites for hydroxylation is 1. The molecule has 0 unspecified atom stereocenters. The fourth-order valence-electron chi connectivity index (χ4n) is 3.47. The number of rotatable bonds is 9. The van der Waals surface area contributed by atoms with Gasteiger partial charge in [0.15, 0.2) is 5.13 Å². The van der Waals surface area contributed by atoms with Crippen LogP contribution < -0.4 is 5.32 Å². The molecule has 0 radical (unpaired) electrons. The minimum absolute atomic E-state index is 0.137. The summed E-state index contributed by atoms with van der Waals surface area (Å²) < 4.78 is 28.8. The molecule has 0 saturated heterocycles. The van der Waals surface area contributed by atoms with Crippen LogP contribution in [0.1, 0.15) is 43.6 Å². The zero-order chi connectivity index (χ0) is 25.2. The van der Waals surface area contributed by atoms with Crippen LogP contribution in [-0.2, 0) is 10.0 Å². The molecular weight excluding hydrogens is 476 g/mol. The van der Waals surface area contributed by atoms with Crippen molar-refractivity contribution in [3.8, 4) is 0 Å². The Kier molecular flexibility index (Phi) is 7.69. The molecule has 3 aromatic rings. The van der Waals surface area contributed by atoms with Crippen LogP contribution in [0.4, 0.5) is 10.8 Å². The van der Waals surface area contributed by atoms with Gasteiger partial charge in [0.1, 0.15) is 0 Å². The lowest BCUT2D eigenvalue weighted by atomic mass is 10.1. The molecule has 1 amide bonds. The highest BCUT2D eigenvalue weighted by Gasteiger charge is 2.26. The van der Waals surface area contributed by atoms with Crippen molar-refractivity contribution in [3.63, 3.8) is 0 Å². The van der Waals surface area contributed by atoms with Gasteiger partial charge in [-0.05, 0) is 43.0 Å². The summed E-state index contributed by atoms with van der Waals surface area (Å²) in [5.74, 6) is -0.171. The van der Waals surface area contributed by atoms with E-state index in [-0.39, 0.29) is 33.1 Å². The van der Waals surface area contributed by atoms with E-state index in [1.54, 1.807) is 19.1 Å². The Morgan fingerprint density at radius 1 is 1.12 bits per heavy atom. The number of amides is 1. The van der Waals surface area contributed by atoms with Crippen molar-refractivity contribution in [3.05, 3.63) is 57.6 Å². The van der Waals surface area contributed by atoms with Gasteiger partial charge in [-0.3, -0.25) is 20.2 Å². The fourth-order valence-corrected chi connectivity index (χ4v) is 6.24. The quantitative estimate of drug-likeness (QED) is 0.321. The molecule has 1 aromatic heterocycles. The number of nitrogens with zero attached hydrogens (tertiary/aromatic N) is 3. The zero-order valence-electron chi connectivity index (χ0n) is 19.7. The van der Waals surface area contributed by atoms with Crippen LogP contribution in [0.2, 0.25) is 0 Å². The van der Waals surface area contributed by atoms with E-state index >= 15 is 0 Å². The van der Waals surface area contributed by atoms with Crippen molar-refractivity contribution < 1.29 is 18.1 Å². The molecule has 2 aromatic carbocycles. The van der Waals surface area contributed by atoms with Crippen molar-refractivity contribution in [2.75, 3.05) is 18.4 Å². The van der Waals surface area contributed by atoms with Gasteiger partial charge < -0.3 is 0 Å². The Morgan fingerprint density at radius 2 is 1.76 bits per heavy atom. The molecule has 0 aliphatic heterocycles. The number of sulfonamides is 1. The Balaban J connectivity index is 1.88. The van der Waals surface area contributed by atoms with Crippen LogP contribution >= 0.6 is 11.3 Å². The molecule has 9 nitrogen and oxygen atoms in total. The summed E-state index contributed by atoms with van der Waals surface area (Å²) in [6.07, 6.45) is 0. The zero-order valence-corrected chi connectivity index (χ0v) is 21.4. The molecule has 0 spiro atoms. The summed E-state index contributed by atoms with van der Waals surface area (Å²) in [6, 6.07) is 8.97. The number of hydrogen-bond acceptors (Lipinski definition) is 7. The van der Waals surface area contributed by atoms with Gasteiger partial charge in [-0.15, -0.1) is 0 Å². The van der Waals surface area contributed by atoms with E-state index in [1.807, 2.05) is 27.7 Å². The van der Waals surface area contributed by atoms with Crippen LogP contribution in [0.25, 0.3) is 10.2 Å². The Morgan fingerprint density at radius 3 is 2.35 bits per heavy atom. The van der Waals surface area contributed by atoms with E-state index in [0.29, 0.717) is 28.9 Å². The molecule has 0 saturated carbocycles. The summed E-state index contributed by atoms with van der Waals surface area (Å²) in [4.78, 5) is 27.8. The lowest BCUT2D eigenvalue weighted by molar-refractivity contribution is -0.385. The number of hydrogen-bond donors (Lipinski definition) is 1. The third-order valence-corrected chi connectivity index (χ3v) is 7.78. The van der Waals surface area contributed by atoms with Gasteiger partial charge in [-0.1, -0.05) is 45.1 Å². The third kappa shape index (κ3) is 5.78. The summed E-state index contributed by atoms with van der Waals surface area (Å²) >= 11 is 1.14. The summed E-state index contributed by atoms with van der Waals surface area (Å²) in [7, 11) is -3.70. The van der Waals surface area contributed by atoms with Crippen molar-refractivity contribution in [1.82, 2.24) is 9.29 Å². The number of aromatic nitrogens is 1. The maximum atomic E-state index is 13.3.